The molecule has 1 aliphatic heterocycles. The number of ether oxygens (including phenoxy) is 2. The molecule has 0 saturated heterocycles. The molecular formula is C13H15BrN4O2. The molecule has 1 aliphatic rings. The Hall–Kier alpha value is -1.57. The molecule has 0 saturated carbocycles. The van der Waals surface area contributed by atoms with Gasteiger partial charge in [0, 0.05) is 7.05 Å². The molecule has 0 spiro atoms. The summed E-state index contributed by atoms with van der Waals surface area (Å²) in [5.41, 5.74) is 3.71. The van der Waals surface area contributed by atoms with Gasteiger partial charge in [0.2, 0.25) is 0 Å². The molecule has 1 aromatic carbocycles. The number of hydrazine groups is 1. The number of nitrogens with two attached hydrogens (primary N) is 1. The smallest absolute Gasteiger partial charge is 0.161 e. The Morgan fingerprint density at radius 3 is 2.85 bits per heavy atom. The molecule has 2 heterocycles. The highest BCUT2D eigenvalue weighted by molar-refractivity contribution is 9.10. The zero-order chi connectivity index (χ0) is 14.1. The van der Waals surface area contributed by atoms with Crippen LogP contribution in [0.2, 0.25) is 0 Å². The number of nitrogens with one attached hydrogen (secondary N) is 1. The van der Waals surface area contributed by atoms with Crippen molar-refractivity contribution in [3.8, 4) is 11.5 Å². The number of rotatable bonds is 3. The Morgan fingerprint density at radius 1 is 1.45 bits per heavy atom. The van der Waals surface area contributed by atoms with E-state index in [2.05, 4.69) is 26.5 Å². The zero-order valence-electron chi connectivity index (χ0n) is 10.9. The van der Waals surface area contributed by atoms with E-state index >= 15 is 0 Å². The van der Waals surface area contributed by atoms with Gasteiger partial charge in [0.05, 0.1) is 16.4 Å². The molecule has 7 heteroatoms. The second-order valence-electron chi connectivity index (χ2n) is 4.56. The molecule has 1 aromatic heterocycles. The molecule has 0 aliphatic carbocycles. The van der Waals surface area contributed by atoms with E-state index in [4.69, 9.17) is 15.3 Å². The highest BCUT2D eigenvalue weighted by Crippen LogP contribution is 2.35. The van der Waals surface area contributed by atoms with Crippen molar-refractivity contribution in [3.05, 3.63) is 40.6 Å². The van der Waals surface area contributed by atoms with Gasteiger partial charge in [-0.25, -0.2) is 5.43 Å². The summed E-state index contributed by atoms with van der Waals surface area (Å²) in [5.74, 6) is 7.18. The van der Waals surface area contributed by atoms with Gasteiger partial charge in [-0.2, -0.15) is 5.10 Å². The quantitative estimate of drug-likeness (QED) is 0.655. The van der Waals surface area contributed by atoms with Gasteiger partial charge in [-0.3, -0.25) is 10.5 Å². The Labute approximate surface area is 125 Å². The van der Waals surface area contributed by atoms with Crippen molar-refractivity contribution in [1.82, 2.24) is 15.2 Å². The van der Waals surface area contributed by atoms with E-state index in [0.717, 1.165) is 21.7 Å². The molecule has 2 atom stereocenters. The number of benzene rings is 1. The first-order valence-corrected chi connectivity index (χ1v) is 7.02. The molecule has 3 N–H and O–H groups in total. The third-order valence-corrected chi connectivity index (χ3v) is 3.93. The van der Waals surface area contributed by atoms with Gasteiger partial charge in [-0.05, 0) is 28.1 Å². The number of aromatic nitrogens is 2. The lowest BCUT2D eigenvalue weighted by Gasteiger charge is -2.32. The average molecular weight is 339 g/mol. The Bertz CT molecular complexity index is 597. The maximum absolute atomic E-state index is 5.99. The number of halogens is 1. The lowest BCUT2D eigenvalue weighted by molar-refractivity contribution is 0.0593. The molecule has 0 bridgehead atoms. The van der Waals surface area contributed by atoms with Crippen molar-refractivity contribution < 1.29 is 9.47 Å². The maximum atomic E-state index is 5.99. The van der Waals surface area contributed by atoms with Crippen LogP contribution < -0.4 is 20.7 Å². The summed E-state index contributed by atoms with van der Waals surface area (Å²) in [6.07, 6.45) is 1.50. The standard InChI is InChI=1S/C13H15BrN4O2/c1-18-13(8(14)6-16-18)12(17-15)11-7-19-9-4-2-3-5-10(9)20-11/h2-6,11-12,17H,7,15H2,1H3. The van der Waals surface area contributed by atoms with Crippen LogP contribution in [0.3, 0.4) is 0 Å². The van der Waals surface area contributed by atoms with E-state index in [1.807, 2.05) is 31.3 Å². The van der Waals surface area contributed by atoms with Crippen molar-refractivity contribution in [2.24, 2.45) is 12.9 Å². The van der Waals surface area contributed by atoms with E-state index in [9.17, 15) is 0 Å². The minimum Gasteiger partial charge on any atom is -0.486 e. The minimum atomic E-state index is -0.235. The second-order valence-corrected chi connectivity index (χ2v) is 5.41. The van der Waals surface area contributed by atoms with Crippen molar-refractivity contribution in [2.45, 2.75) is 12.1 Å². The van der Waals surface area contributed by atoms with Crippen molar-refractivity contribution in [3.63, 3.8) is 0 Å². The van der Waals surface area contributed by atoms with E-state index in [-0.39, 0.29) is 12.1 Å². The summed E-state index contributed by atoms with van der Waals surface area (Å²) < 4.78 is 14.4. The molecule has 2 unspecified atom stereocenters. The highest BCUT2D eigenvalue weighted by Gasteiger charge is 2.32. The molecule has 2 aromatic rings. The zero-order valence-corrected chi connectivity index (χ0v) is 12.5. The monoisotopic (exact) mass is 338 g/mol. The van der Waals surface area contributed by atoms with Crippen LogP contribution in [-0.4, -0.2) is 22.5 Å². The maximum Gasteiger partial charge on any atom is 0.161 e. The summed E-state index contributed by atoms with van der Waals surface area (Å²) in [6.45, 7) is 0.420. The van der Waals surface area contributed by atoms with Gasteiger partial charge in [0.25, 0.3) is 0 Å². The van der Waals surface area contributed by atoms with Crippen LogP contribution in [0.5, 0.6) is 11.5 Å². The van der Waals surface area contributed by atoms with Crippen LogP contribution in [0, 0.1) is 0 Å². The number of aryl methyl sites for hydroxylation is 1. The predicted octanol–water partition coefficient (Wildman–Crippen LogP) is 1.53. The van der Waals surface area contributed by atoms with E-state index in [1.54, 1.807) is 10.9 Å². The molecule has 0 amide bonds. The summed E-state index contributed by atoms with van der Waals surface area (Å²) in [6, 6.07) is 7.36. The third-order valence-electron chi connectivity index (χ3n) is 3.31. The molecular weight excluding hydrogens is 324 g/mol. The second kappa shape index (κ2) is 5.43. The molecule has 6 nitrogen and oxygen atoms in total. The SMILES string of the molecule is Cn1ncc(Br)c1C(NN)C1COc2ccccc2O1. The van der Waals surface area contributed by atoms with Crippen LogP contribution in [0.1, 0.15) is 11.7 Å². The first-order valence-electron chi connectivity index (χ1n) is 6.22. The van der Waals surface area contributed by atoms with Gasteiger partial charge in [-0.1, -0.05) is 12.1 Å². The van der Waals surface area contributed by atoms with Crippen LogP contribution in [0.25, 0.3) is 0 Å². The van der Waals surface area contributed by atoms with Gasteiger partial charge in [-0.15, -0.1) is 0 Å². The number of nitrogens with zero attached hydrogens (tertiary/aromatic N) is 2. The first-order chi connectivity index (χ1) is 9.70. The molecule has 0 fully saturated rings. The van der Waals surface area contributed by atoms with Gasteiger partial charge >= 0.3 is 0 Å². The fraction of sp³-hybridized carbons (Fsp3) is 0.308. The van der Waals surface area contributed by atoms with Crippen molar-refractivity contribution in [1.29, 1.82) is 0 Å². The van der Waals surface area contributed by atoms with Crippen LogP contribution in [-0.2, 0) is 7.05 Å². The Balaban J connectivity index is 1.89. The third kappa shape index (κ3) is 2.28. The highest BCUT2D eigenvalue weighted by atomic mass is 79.9. The minimum absolute atomic E-state index is 0.231. The van der Waals surface area contributed by atoms with Crippen LogP contribution in [0.15, 0.2) is 34.9 Å². The average Bonchev–Trinajstić information content (AvgIpc) is 2.80. The van der Waals surface area contributed by atoms with E-state index in [0.29, 0.717) is 6.61 Å². The topological polar surface area (TPSA) is 74.3 Å². The fourth-order valence-corrected chi connectivity index (χ4v) is 2.93. The summed E-state index contributed by atoms with van der Waals surface area (Å²) in [7, 11) is 1.86. The lowest BCUT2D eigenvalue weighted by atomic mass is 10.1. The largest absolute Gasteiger partial charge is 0.486 e. The summed E-state index contributed by atoms with van der Waals surface area (Å²) >= 11 is 3.48. The predicted molar refractivity (Wildman–Crippen MR) is 77.3 cm³/mol. The van der Waals surface area contributed by atoms with Gasteiger partial charge in [0.1, 0.15) is 12.6 Å². The molecule has 3 rings (SSSR count). The summed E-state index contributed by atoms with van der Waals surface area (Å²) in [5, 5.41) is 4.20. The molecule has 0 radical (unpaired) electrons. The Morgan fingerprint density at radius 2 is 2.20 bits per heavy atom. The van der Waals surface area contributed by atoms with Gasteiger partial charge in [0.15, 0.2) is 17.6 Å². The van der Waals surface area contributed by atoms with E-state index < -0.39 is 0 Å². The number of para-hydroxylation sites is 2. The number of hydrogen-bond acceptors (Lipinski definition) is 5. The normalized spacial score (nSPS) is 18.9. The summed E-state index contributed by atoms with van der Waals surface area (Å²) in [4.78, 5) is 0. The van der Waals surface area contributed by atoms with Gasteiger partial charge < -0.3 is 9.47 Å². The van der Waals surface area contributed by atoms with Crippen molar-refractivity contribution in [2.75, 3.05) is 6.61 Å². The number of fused-ring (bicyclic) bond motifs is 1. The number of hydrogen-bond donors (Lipinski definition) is 2. The fourth-order valence-electron chi connectivity index (χ4n) is 2.33. The van der Waals surface area contributed by atoms with Crippen molar-refractivity contribution >= 4 is 15.9 Å². The first kappa shape index (κ1) is 13.4. The molecule has 20 heavy (non-hydrogen) atoms. The Kier molecular flexibility index (Phi) is 3.64. The van der Waals surface area contributed by atoms with Crippen LogP contribution in [0.4, 0.5) is 0 Å². The lowest BCUT2D eigenvalue weighted by Crippen LogP contribution is -2.45. The van der Waals surface area contributed by atoms with Crippen LogP contribution >= 0.6 is 15.9 Å². The van der Waals surface area contributed by atoms with E-state index in [1.165, 1.54) is 0 Å². The molecule has 106 valence electrons.